The maximum atomic E-state index is 12.5. The predicted octanol–water partition coefficient (Wildman–Crippen LogP) is 1.91. The van der Waals surface area contributed by atoms with Crippen molar-refractivity contribution >= 4 is 17.5 Å². The van der Waals surface area contributed by atoms with Gasteiger partial charge in [-0.15, -0.1) is 0 Å². The molecule has 0 saturated heterocycles. The van der Waals surface area contributed by atoms with Crippen molar-refractivity contribution in [1.82, 2.24) is 0 Å². The number of esters is 1. The number of ketones is 2. The zero-order chi connectivity index (χ0) is 15.2. The molecule has 0 radical (unpaired) electrons. The Morgan fingerprint density at radius 2 is 1.95 bits per heavy atom. The second-order valence-corrected chi connectivity index (χ2v) is 5.81. The van der Waals surface area contributed by atoms with Crippen molar-refractivity contribution in [3.05, 3.63) is 35.9 Å². The maximum Gasteiger partial charge on any atom is 0.316 e. The van der Waals surface area contributed by atoms with Gasteiger partial charge in [0.15, 0.2) is 5.78 Å². The van der Waals surface area contributed by atoms with E-state index >= 15 is 0 Å². The van der Waals surface area contributed by atoms with Gasteiger partial charge < -0.3 is 4.74 Å². The minimum atomic E-state index is -0.697. The highest BCUT2D eigenvalue weighted by Crippen LogP contribution is 2.68. The van der Waals surface area contributed by atoms with Gasteiger partial charge in [-0.3, -0.25) is 14.4 Å². The summed E-state index contributed by atoms with van der Waals surface area (Å²) in [5.41, 5.74) is 0.209. The summed E-state index contributed by atoms with van der Waals surface area (Å²) in [6, 6.07) is 9.48. The second kappa shape index (κ2) is 4.79. The van der Waals surface area contributed by atoms with Gasteiger partial charge in [0.25, 0.3) is 0 Å². The Bertz CT molecular complexity index is 606. The first-order valence-electron chi connectivity index (χ1n) is 7.29. The number of carbonyl (C=O) groups is 3. The Kier molecular flexibility index (Phi) is 3.19. The molecular weight excluding hydrogens is 268 g/mol. The van der Waals surface area contributed by atoms with Gasteiger partial charge in [0, 0.05) is 12.3 Å². The van der Waals surface area contributed by atoms with Crippen LogP contribution >= 0.6 is 0 Å². The van der Waals surface area contributed by atoms with Gasteiger partial charge in [-0.1, -0.05) is 37.3 Å². The number of carbonyl (C=O) groups excluding carboxylic acids is 3. The van der Waals surface area contributed by atoms with Crippen molar-refractivity contribution in [3.63, 3.8) is 0 Å². The number of fused-ring (bicyclic) bond motifs is 1. The van der Waals surface area contributed by atoms with Gasteiger partial charge in [-0.25, -0.2) is 0 Å². The van der Waals surface area contributed by atoms with E-state index in [9.17, 15) is 14.4 Å². The van der Waals surface area contributed by atoms with Crippen LogP contribution in [-0.2, 0) is 24.5 Å². The fourth-order valence-electron chi connectivity index (χ4n) is 4.09. The molecule has 4 heteroatoms. The summed E-state index contributed by atoms with van der Waals surface area (Å²) in [4.78, 5) is 36.7. The summed E-state index contributed by atoms with van der Waals surface area (Å²) >= 11 is 0. The van der Waals surface area contributed by atoms with Gasteiger partial charge in [0.2, 0.25) is 0 Å². The van der Waals surface area contributed by atoms with E-state index in [0.717, 1.165) is 5.56 Å². The molecule has 0 amide bonds. The molecule has 21 heavy (non-hydrogen) atoms. The molecule has 0 N–H and O–H groups in total. The van der Waals surface area contributed by atoms with Crippen molar-refractivity contribution in [1.29, 1.82) is 0 Å². The first-order chi connectivity index (χ1) is 10.1. The van der Waals surface area contributed by atoms with Crippen LogP contribution in [0.5, 0.6) is 0 Å². The molecule has 0 aliphatic heterocycles. The molecule has 2 aliphatic carbocycles. The Morgan fingerprint density at radius 3 is 2.43 bits per heavy atom. The lowest BCUT2D eigenvalue weighted by Crippen LogP contribution is -2.34. The maximum absolute atomic E-state index is 12.5. The molecule has 110 valence electrons. The fraction of sp³-hybridized carbons (Fsp3) is 0.471. The van der Waals surface area contributed by atoms with Crippen LogP contribution in [0, 0.1) is 17.8 Å². The SMILES string of the molecule is CCC(=O)[C@@]1(c2ccccc2)[C@@H]2C(=O)[C@@H](C(=O)OC)C[C@@H]21. The molecule has 2 saturated carbocycles. The Labute approximate surface area is 123 Å². The number of ether oxygens (including phenoxy) is 1. The minimum absolute atomic E-state index is 0.0519. The van der Waals surface area contributed by atoms with E-state index in [-0.39, 0.29) is 23.4 Å². The number of Topliss-reactive ketones (excluding diaryl/α,β-unsaturated/α-hetero) is 2. The zero-order valence-corrected chi connectivity index (χ0v) is 12.2. The summed E-state index contributed by atoms with van der Waals surface area (Å²) in [6.45, 7) is 1.82. The van der Waals surface area contributed by atoms with Crippen LogP contribution in [0.15, 0.2) is 30.3 Å². The van der Waals surface area contributed by atoms with E-state index in [1.165, 1.54) is 7.11 Å². The molecule has 0 unspecified atom stereocenters. The molecule has 2 aliphatic rings. The van der Waals surface area contributed by atoms with Crippen LogP contribution in [0.4, 0.5) is 0 Å². The van der Waals surface area contributed by atoms with Crippen molar-refractivity contribution < 1.29 is 19.1 Å². The lowest BCUT2D eigenvalue weighted by molar-refractivity contribution is -0.149. The molecule has 4 atom stereocenters. The third-order valence-corrected chi connectivity index (χ3v) is 5.03. The number of benzene rings is 1. The van der Waals surface area contributed by atoms with Crippen LogP contribution in [0.2, 0.25) is 0 Å². The highest BCUT2D eigenvalue weighted by atomic mass is 16.5. The second-order valence-electron chi connectivity index (χ2n) is 5.81. The fourth-order valence-corrected chi connectivity index (χ4v) is 4.09. The van der Waals surface area contributed by atoms with Crippen LogP contribution in [-0.4, -0.2) is 24.6 Å². The minimum Gasteiger partial charge on any atom is -0.468 e. The number of methoxy groups -OCH3 is 1. The van der Waals surface area contributed by atoms with E-state index in [1.807, 2.05) is 37.3 Å². The third kappa shape index (κ3) is 1.71. The Hall–Kier alpha value is -1.97. The molecule has 1 aromatic carbocycles. The lowest BCUT2D eigenvalue weighted by atomic mass is 9.80. The van der Waals surface area contributed by atoms with Crippen LogP contribution < -0.4 is 0 Å². The van der Waals surface area contributed by atoms with E-state index in [1.54, 1.807) is 0 Å². The molecule has 0 spiro atoms. The highest BCUT2D eigenvalue weighted by molar-refractivity contribution is 6.11. The van der Waals surface area contributed by atoms with E-state index in [2.05, 4.69) is 4.74 Å². The normalized spacial score (nSPS) is 33.4. The predicted molar refractivity (Wildman–Crippen MR) is 75.5 cm³/mol. The Morgan fingerprint density at radius 1 is 1.29 bits per heavy atom. The zero-order valence-electron chi connectivity index (χ0n) is 12.2. The molecule has 2 fully saturated rings. The third-order valence-electron chi connectivity index (χ3n) is 5.03. The summed E-state index contributed by atoms with van der Waals surface area (Å²) in [6.07, 6.45) is 0.828. The van der Waals surface area contributed by atoms with Gasteiger partial charge in [-0.2, -0.15) is 0 Å². The monoisotopic (exact) mass is 286 g/mol. The van der Waals surface area contributed by atoms with Gasteiger partial charge >= 0.3 is 5.97 Å². The summed E-state index contributed by atoms with van der Waals surface area (Å²) in [7, 11) is 1.29. The summed E-state index contributed by atoms with van der Waals surface area (Å²) in [5, 5.41) is 0. The smallest absolute Gasteiger partial charge is 0.316 e. The quantitative estimate of drug-likeness (QED) is 0.626. The molecule has 0 aromatic heterocycles. The van der Waals surface area contributed by atoms with Gasteiger partial charge in [0.05, 0.1) is 12.5 Å². The average molecular weight is 286 g/mol. The van der Waals surface area contributed by atoms with Gasteiger partial charge in [0.1, 0.15) is 11.7 Å². The molecule has 0 heterocycles. The van der Waals surface area contributed by atoms with Crippen LogP contribution in [0.25, 0.3) is 0 Å². The highest BCUT2D eigenvalue weighted by Gasteiger charge is 2.76. The largest absolute Gasteiger partial charge is 0.468 e. The number of hydrogen-bond donors (Lipinski definition) is 0. The molecule has 4 nitrogen and oxygen atoms in total. The van der Waals surface area contributed by atoms with Crippen LogP contribution in [0.1, 0.15) is 25.3 Å². The summed E-state index contributed by atoms with van der Waals surface area (Å²) < 4.78 is 4.69. The molecular formula is C17H18O4. The van der Waals surface area contributed by atoms with E-state index in [4.69, 9.17) is 0 Å². The molecule has 3 rings (SSSR count). The van der Waals surface area contributed by atoms with Crippen molar-refractivity contribution in [2.45, 2.75) is 25.2 Å². The lowest BCUT2D eigenvalue weighted by Gasteiger charge is -2.21. The topological polar surface area (TPSA) is 60.4 Å². The first-order valence-corrected chi connectivity index (χ1v) is 7.29. The van der Waals surface area contributed by atoms with E-state index in [0.29, 0.717) is 12.8 Å². The van der Waals surface area contributed by atoms with Crippen molar-refractivity contribution in [2.24, 2.45) is 17.8 Å². The number of hydrogen-bond acceptors (Lipinski definition) is 4. The first kappa shape index (κ1) is 14.0. The van der Waals surface area contributed by atoms with Gasteiger partial charge in [-0.05, 0) is 17.9 Å². The number of rotatable bonds is 4. The van der Waals surface area contributed by atoms with Crippen LogP contribution in [0.3, 0.4) is 0 Å². The summed E-state index contributed by atoms with van der Waals surface area (Å²) in [5.74, 6) is -1.59. The average Bonchev–Trinajstić information content (AvgIpc) is 3.08. The molecule has 0 bridgehead atoms. The molecule has 1 aromatic rings. The van der Waals surface area contributed by atoms with E-state index < -0.39 is 17.3 Å². The van der Waals surface area contributed by atoms with Crippen molar-refractivity contribution in [3.8, 4) is 0 Å². The standard InChI is InChI=1S/C17H18O4/c1-3-13(18)17(10-7-5-4-6-8-10)12-9-11(16(20)21-2)15(19)14(12)17/h4-8,11-12,14H,3,9H2,1-2H3/t11-,12-,14-,17-/m0/s1. The van der Waals surface area contributed by atoms with Crippen molar-refractivity contribution in [2.75, 3.05) is 7.11 Å². The Balaban J connectivity index is 1.97.